The lowest BCUT2D eigenvalue weighted by Gasteiger charge is -2.07. The van der Waals surface area contributed by atoms with Crippen molar-refractivity contribution in [2.75, 3.05) is 7.11 Å². The van der Waals surface area contributed by atoms with Gasteiger partial charge in [-0.1, -0.05) is 0 Å². The van der Waals surface area contributed by atoms with Crippen LogP contribution in [0.25, 0.3) is 0 Å². The van der Waals surface area contributed by atoms with Crippen LogP contribution in [0.1, 0.15) is 15.9 Å². The Hall–Kier alpha value is -2.23. The standard InChI is InChI=1S/C13H10FNO2/c1-17-12-7-10(14)4-5-11(12)13(16)9-3-2-6-15-8-9/h2-8H,1H3. The highest BCUT2D eigenvalue weighted by Crippen LogP contribution is 2.22. The first kappa shape index (κ1) is 11.3. The average molecular weight is 231 g/mol. The number of carbonyl (C=O) groups excluding carboxylic acids is 1. The number of hydrogen-bond acceptors (Lipinski definition) is 3. The number of ketones is 1. The van der Waals surface area contributed by atoms with Crippen LogP contribution in [0.15, 0.2) is 42.7 Å². The monoisotopic (exact) mass is 231 g/mol. The summed E-state index contributed by atoms with van der Waals surface area (Å²) in [7, 11) is 1.40. The summed E-state index contributed by atoms with van der Waals surface area (Å²) in [5.74, 6) is -0.460. The fourth-order valence-corrected chi connectivity index (χ4v) is 1.51. The highest BCUT2D eigenvalue weighted by Gasteiger charge is 2.14. The predicted octanol–water partition coefficient (Wildman–Crippen LogP) is 2.46. The third-order valence-corrected chi connectivity index (χ3v) is 2.33. The van der Waals surface area contributed by atoms with Gasteiger partial charge in [-0.3, -0.25) is 9.78 Å². The first-order valence-corrected chi connectivity index (χ1v) is 5.00. The molecule has 0 bridgehead atoms. The quantitative estimate of drug-likeness (QED) is 0.762. The summed E-state index contributed by atoms with van der Waals surface area (Å²) in [6.45, 7) is 0. The molecule has 86 valence electrons. The van der Waals surface area contributed by atoms with Gasteiger partial charge in [0, 0.05) is 24.0 Å². The van der Waals surface area contributed by atoms with E-state index in [0.29, 0.717) is 11.1 Å². The molecule has 0 aliphatic heterocycles. The summed E-state index contributed by atoms with van der Waals surface area (Å²) in [6.07, 6.45) is 3.05. The number of aromatic nitrogens is 1. The molecule has 0 aliphatic rings. The average Bonchev–Trinajstić information content (AvgIpc) is 2.39. The molecule has 1 heterocycles. The van der Waals surface area contributed by atoms with E-state index in [-0.39, 0.29) is 11.5 Å². The molecule has 0 unspecified atom stereocenters. The number of hydrogen-bond donors (Lipinski definition) is 0. The zero-order chi connectivity index (χ0) is 12.3. The van der Waals surface area contributed by atoms with E-state index in [2.05, 4.69) is 4.98 Å². The number of rotatable bonds is 3. The fourth-order valence-electron chi connectivity index (χ4n) is 1.51. The smallest absolute Gasteiger partial charge is 0.198 e. The first-order chi connectivity index (χ1) is 8.22. The van der Waals surface area contributed by atoms with E-state index in [9.17, 15) is 9.18 Å². The number of nitrogens with zero attached hydrogens (tertiary/aromatic N) is 1. The van der Waals surface area contributed by atoms with Gasteiger partial charge in [-0.25, -0.2) is 4.39 Å². The van der Waals surface area contributed by atoms with Crippen molar-refractivity contribution in [3.05, 3.63) is 59.7 Å². The first-order valence-electron chi connectivity index (χ1n) is 5.00. The molecule has 17 heavy (non-hydrogen) atoms. The molecule has 2 aromatic rings. The molecular weight excluding hydrogens is 221 g/mol. The maximum atomic E-state index is 13.0. The number of benzene rings is 1. The Labute approximate surface area is 97.9 Å². The Morgan fingerprint density at radius 1 is 1.35 bits per heavy atom. The van der Waals surface area contributed by atoms with Crippen LogP contribution >= 0.6 is 0 Å². The highest BCUT2D eigenvalue weighted by atomic mass is 19.1. The van der Waals surface area contributed by atoms with Crippen LogP contribution in [0.4, 0.5) is 4.39 Å². The summed E-state index contributed by atoms with van der Waals surface area (Å²) in [5.41, 5.74) is 0.763. The maximum Gasteiger partial charge on any atom is 0.198 e. The van der Waals surface area contributed by atoms with Crippen LogP contribution in [0.3, 0.4) is 0 Å². The van der Waals surface area contributed by atoms with Crippen LogP contribution < -0.4 is 4.74 Å². The van der Waals surface area contributed by atoms with Crippen molar-refractivity contribution in [3.63, 3.8) is 0 Å². The number of ether oxygens (including phenoxy) is 1. The minimum Gasteiger partial charge on any atom is -0.496 e. The molecule has 0 atom stereocenters. The lowest BCUT2D eigenvalue weighted by Crippen LogP contribution is -2.04. The third-order valence-electron chi connectivity index (χ3n) is 2.33. The van der Waals surface area contributed by atoms with Crippen molar-refractivity contribution in [2.45, 2.75) is 0 Å². The molecule has 0 N–H and O–H groups in total. The van der Waals surface area contributed by atoms with Crippen molar-refractivity contribution >= 4 is 5.78 Å². The van der Waals surface area contributed by atoms with Crippen LogP contribution in [0.2, 0.25) is 0 Å². The van der Waals surface area contributed by atoms with Crippen molar-refractivity contribution in [1.82, 2.24) is 4.98 Å². The fraction of sp³-hybridized carbons (Fsp3) is 0.0769. The summed E-state index contributed by atoms with van der Waals surface area (Å²) < 4.78 is 18.0. The SMILES string of the molecule is COc1cc(F)ccc1C(=O)c1cccnc1. The number of halogens is 1. The van der Waals surface area contributed by atoms with Gasteiger partial charge in [-0.2, -0.15) is 0 Å². The number of methoxy groups -OCH3 is 1. The Kier molecular flexibility index (Phi) is 3.14. The summed E-state index contributed by atoms with van der Waals surface area (Å²) >= 11 is 0. The predicted molar refractivity (Wildman–Crippen MR) is 60.6 cm³/mol. The molecule has 0 radical (unpaired) electrons. The van der Waals surface area contributed by atoms with Crippen molar-refractivity contribution in [3.8, 4) is 5.75 Å². The van der Waals surface area contributed by atoms with Crippen molar-refractivity contribution in [2.24, 2.45) is 0 Å². The Bertz CT molecular complexity index is 540. The van der Waals surface area contributed by atoms with Gasteiger partial charge in [0.25, 0.3) is 0 Å². The molecule has 0 saturated heterocycles. The van der Waals surface area contributed by atoms with E-state index < -0.39 is 5.82 Å². The van der Waals surface area contributed by atoms with Crippen LogP contribution in [0.5, 0.6) is 5.75 Å². The molecule has 0 amide bonds. The molecule has 3 nitrogen and oxygen atoms in total. The summed E-state index contributed by atoms with van der Waals surface area (Å²) in [6, 6.07) is 7.14. The van der Waals surface area contributed by atoms with E-state index in [0.717, 1.165) is 0 Å². The van der Waals surface area contributed by atoms with Gasteiger partial charge < -0.3 is 4.74 Å². The molecule has 4 heteroatoms. The molecule has 0 spiro atoms. The topological polar surface area (TPSA) is 39.2 Å². The van der Waals surface area contributed by atoms with E-state index >= 15 is 0 Å². The normalized spacial score (nSPS) is 10.0. The van der Waals surface area contributed by atoms with Gasteiger partial charge in [0.05, 0.1) is 12.7 Å². The maximum absolute atomic E-state index is 13.0. The minimum atomic E-state index is -0.440. The van der Waals surface area contributed by atoms with Crippen LogP contribution in [-0.2, 0) is 0 Å². The summed E-state index contributed by atoms with van der Waals surface area (Å²) in [5, 5.41) is 0. The second-order valence-electron chi connectivity index (χ2n) is 3.42. The number of pyridine rings is 1. The Balaban J connectivity index is 2.44. The van der Waals surface area contributed by atoms with Crippen LogP contribution in [-0.4, -0.2) is 17.9 Å². The zero-order valence-electron chi connectivity index (χ0n) is 9.18. The van der Waals surface area contributed by atoms with E-state index in [4.69, 9.17) is 4.74 Å². The van der Waals surface area contributed by atoms with Crippen LogP contribution in [0, 0.1) is 5.82 Å². The second-order valence-corrected chi connectivity index (χ2v) is 3.42. The number of carbonyl (C=O) groups is 1. The Morgan fingerprint density at radius 3 is 2.82 bits per heavy atom. The van der Waals surface area contributed by atoms with E-state index in [1.165, 1.54) is 31.5 Å². The third kappa shape index (κ3) is 2.30. The van der Waals surface area contributed by atoms with Crippen molar-refractivity contribution < 1.29 is 13.9 Å². The molecule has 0 fully saturated rings. The van der Waals surface area contributed by atoms with Gasteiger partial charge in [-0.15, -0.1) is 0 Å². The van der Waals surface area contributed by atoms with E-state index in [1.54, 1.807) is 18.3 Å². The van der Waals surface area contributed by atoms with Gasteiger partial charge in [0.15, 0.2) is 5.78 Å². The van der Waals surface area contributed by atoms with Gasteiger partial charge >= 0.3 is 0 Å². The van der Waals surface area contributed by atoms with Gasteiger partial charge in [0.1, 0.15) is 11.6 Å². The van der Waals surface area contributed by atoms with E-state index in [1.807, 2.05) is 0 Å². The zero-order valence-corrected chi connectivity index (χ0v) is 9.18. The van der Waals surface area contributed by atoms with Gasteiger partial charge in [-0.05, 0) is 24.3 Å². The molecular formula is C13H10FNO2. The summed E-state index contributed by atoms with van der Waals surface area (Å²) in [4.78, 5) is 16.0. The lowest BCUT2D eigenvalue weighted by molar-refractivity contribution is 0.103. The molecule has 2 rings (SSSR count). The molecule has 0 saturated carbocycles. The second kappa shape index (κ2) is 4.74. The molecule has 1 aromatic carbocycles. The molecule has 1 aromatic heterocycles. The lowest BCUT2D eigenvalue weighted by atomic mass is 10.0. The van der Waals surface area contributed by atoms with Gasteiger partial charge in [0.2, 0.25) is 0 Å². The largest absolute Gasteiger partial charge is 0.496 e. The Morgan fingerprint density at radius 2 is 2.18 bits per heavy atom. The highest BCUT2D eigenvalue weighted by molar-refractivity contribution is 6.10. The van der Waals surface area contributed by atoms with Crippen molar-refractivity contribution in [1.29, 1.82) is 0 Å². The molecule has 0 aliphatic carbocycles. The minimum absolute atomic E-state index is 0.221.